The number of morpholine rings is 1. The van der Waals surface area contributed by atoms with Crippen LogP contribution in [0.2, 0.25) is 0 Å². The summed E-state index contributed by atoms with van der Waals surface area (Å²) >= 11 is 1.68. The average molecular weight is 356 g/mol. The Morgan fingerprint density at radius 1 is 1.46 bits per heavy atom. The maximum atomic E-state index is 11.0. The summed E-state index contributed by atoms with van der Waals surface area (Å²) in [6.45, 7) is 11.2. The minimum Gasteiger partial charge on any atom is -0.375 e. The van der Waals surface area contributed by atoms with Crippen molar-refractivity contribution in [3.05, 3.63) is 5.82 Å². The van der Waals surface area contributed by atoms with Crippen molar-refractivity contribution in [3.63, 3.8) is 0 Å². The predicted molar refractivity (Wildman–Crippen MR) is 95.0 cm³/mol. The van der Waals surface area contributed by atoms with Crippen LogP contribution in [0.25, 0.3) is 0 Å². The smallest absolute Gasteiger partial charge is 0.217 e. The molecule has 0 aromatic carbocycles. The molecular weight excluding hydrogens is 326 g/mol. The van der Waals surface area contributed by atoms with E-state index >= 15 is 0 Å². The van der Waals surface area contributed by atoms with Crippen LogP contribution in [0.5, 0.6) is 0 Å². The molecule has 2 N–H and O–H groups in total. The molecule has 1 aliphatic heterocycles. The molecule has 0 bridgehead atoms. The zero-order chi connectivity index (χ0) is 17.5. The second-order valence-corrected chi connectivity index (χ2v) is 7.55. The maximum Gasteiger partial charge on any atom is 0.217 e. The molecule has 1 aliphatic rings. The molecule has 1 unspecified atom stereocenters. The van der Waals surface area contributed by atoms with Gasteiger partial charge in [0.1, 0.15) is 5.82 Å². The van der Waals surface area contributed by atoms with Gasteiger partial charge in [0.25, 0.3) is 0 Å². The van der Waals surface area contributed by atoms with Gasteiger partial charge < -0.3 is 15.0 Å². The molecule has 0 radical (unpaired) electrons. The summed E-state index contributed by atoms with van der Waals surface area (Å²) in [4.78, 5) is 13.4. The third kappa shape index (κ3) is 5.75. The highest BCUT2D eigenvalue weighted by atomic mass is 32.2. The second-order valence-electron chi connectivity index (χ2n) is 6.57. The first-order valence-electron chi connectivity index (χ1n) is 8.66. The normalized spacial score (nSPS) is 19.1. The van der Waals surface area contributed by atoms with E-state index in [1.165, 1.54) is 0 Å². The van der Waals surface area contributed by atoms with Gasteiger partial charge in [-0.05, 0) is 12.8 Å². The molecule has 2 rings (SSSR count). The molecule has 1 aromatic heterocycles. The van der Waals surface area contributed by atoms with Crippen LogP contribution in [-0.2, 0) is 22.5 Å². The predicted octanol–water partition coefficient (Wildman–Crippen LogP) is 1.16. The number of aromatic nitrogens is 3. The second kappa shape index (κ2) is 9.39. The van der Waals surface area contributed by atoms with Crippen LogP contribution < -0.4 is 5.73 Å². The first-order valence-corrected chi connectivity index (χ1v) is 9.65. The van der Waals surface area contributed by atoms with Crippen LogP contribution in [0.3, 0.4) is 0 Å². The summed E-state index contributed by atoms with van der Waals surface area (Å²) in [6.07, 6.45) is 1.07. The monoisotopic (exact) mass is 355 g/mol. The van der Waals surface area contributed by atoms with Crippen molar-refractivity contribution in [2.75, 3.05) is 32.0 Å². The molecule has 0 saturated carbocycles. The highest BCUT2D eigenvalue weighted by Gasteiger charge is 2.22. The van der Waals surface area contributed by atoms with Crippen molar-refractivity contribution < 1.29 is 9.53 Å². The molecule has 1 fully saturated rings. The van der Waals surface area contributed by atoms with Gasteiger partial charge in [0.05, 0.1) is 12.7 Å². The van der Waals surface area contributed by atoms with Crippen molar-refractivity contribution in [1.82, 2.24) is 19.7 Å². The number of thioether (sulfide) groups is 1. The van der Waals surface area contributed by atoms with E-state index in [1.807, 2.05) is 0 Å². The first-order chi connectivity index (χ1) is 11.5. The Kier molecular flexibility index (Phi) is 7.51. The summed E-state index contributed by atoms with van der Waals surface area (Å²) in [6, 6.07) is 0. The molecule has 0 spiro atoms. The number of amides is 1. The fourth-order valence-corrected chi connectivity index (χ4v) is 3.92. The van der Waals surface area contributed by atoms with E-state index in [0.29, 0.717) is 18.8 Å². The molecule has 1 aromatic rings. The van der Waals surface area contributed by atoms with E-state index in [-0.39, 0.29) is 12.0 Å². The Labute approximate surface area is 148 Å². The molecule has 0 aliphatic carbocycles. The lowest BCUT2D eigenvalue weighted by molar-refractivity contribution is -0.118. The summed E-state index contributed by atoms with van der Waals surface area (Å²) in [5, 5.41) is 9.37. The molecule has 24 heavy (non-hydrogen) atoms. The molecule has 8 heteroatoms. The minimum absolute atomic E-state index is 0.221. The molecule has 7 nitrogen and oxygen atoms in total. The van der Waals surface area contributed by atoms with Crippen LogP contribution in [0.4, 0.5) is 0 Å². The Balaban J connectivity index is 1.88. The highest BCUT2D eigenvalue weighted by molar-refractivity contribution is 7.99. The lowest BCUT2D eigenvalue weighted by atomic mass is 10.2. The van der Waals surface area contributed by atoms with E-state index < -0.39 is 0 Å². The van der Waals surface area contributed by atoms with Gasteiger partial charge in [-0.1, -0.05) is 25.6 Å². The SMILES string of the molecule is CCn1c(CCC(N)=O)nnc1SCC1CN(CC(C)C)CCO1. The van der Waals surface area contributed by atoms with Crippen molar-refractivity contribution >= 4 is 17.7 Å². The van der Waals surface area contributed by atoms with Crippen LogP contribution in [0, 0.1) is 5.92 Å². The molecular formula is C16H29N5O2S. The first kappa shape index (κ1) is 19.2. The number of nitrogens with two attached hydrogens (primary N) is 1. The minimum atomic E-state index is -0.310. The number of carbonyl (C=O) groups is 1. The molecule has 136 valence electrons. The Hall–Kier alpha value is -1.12. The lowest BCUT2D eigenvalue weighted by Gasteiger charge is -2.33. The number of hydrogen-bond acceptors (Lipinski definition) is 6. The van der Waals surface area contributed by atoms with Crippen LogP contribution in [0.15, 0.2) is 5.16 Å². The number of nitrogens with zero attached hydrogens (tertiary/aromatic N) is 4. The number of hydrogen-bond donors (Lipinski definition) is 1. The lowest BCUT2D eigenvalue weighted by Crippen LogP contribution is -2.44. The fraction of sp³-hybridized carbons (Fsp3) is 0.812. The van der Waals surface area contributed by atoms with Crippen molar-refractivity contribution in [2.45, 2.75) is 51.4 Å². The maximum absolute atomic E-state index is 11.0. The topological polar surface area (TPSA) is 86.3 Å². The zero-order valence-corrected chi connectivity index (χ0v) is 15.7. The zero-order valence-electron chi connectivity index (χ0n) is 14.9. The van der Waals surface area contributed by atoms with Crippen LogP contribution in [-0.4, -0.2) is 63.7 Å². The van der Waals surface area contributed by atoms with E-state index in [1.54, 1.807) is 11.8 Å². The van der Waals surface area contributed by atoms with Gasteiger partial charge >= 0.3 is 0 Å². The summed E-state index contributed by atoms with van der Waals surface area (Å²) in [7, 11) is 0. The van der Waals surface area contributed by atoms with Crippen molar-refractivity contribution in [1.29, 1.82) is 0 Å². The highest BCUT2D eigenvalue weighted by Crippen LogP contribution is 2.21. The summed E-state index contributed by atoms with van der Waals surface area (Å²) < 4.78 is 7.95. The van der Waals surface area contributed by atoms with E-state index in [0.717, 1.165) is 49.5 Å². The number of rotatable bonds is 9. The van der Waals surface area contributed by atoms with E-state index in [2.05, 4.69) is 40.4 Å². The fourth-order valence-electron chi connectivity index (χ4n) is 2.89. The van der Waals surface area contributed by atoms with E-state index in [9.17, 15) is 4.79 Å². The molecule has 1 atom stereocenters. The van der Waals surface area contributed by atoms with Gasteiger partial charge in [-0.15, -0.1) is 10.2 Å². The number of ether oxygens (including phenoxy) is 1. The standard InChI is InChI=1S/C16H29N5O2S/c1-4-21-15(6-5-14(17)22)18-19-16(21)24-11-13-10-20(7-8-23-13)9-12(2)3/h12-13H,4-11H2,1-3H3,(H2,17,22). The molecule has 1 amide bonds. The summed E-state index contributed by atoms with van der Waals surface area (Å²) in [5.41, 5.74) is 5.22. The van der Waals surface area contributed by atoms with Crippen molar-refractivity contribution in [2.24, 2.45) is 11.7 Å². The third-order valence-electron chi connectivity index (χ3n) is 3.95. The van der Waals surface area contributed by atoms with Gasteiger partial charge in [-0.2, -0.15) is 0 Å². The number of primary amides is 1. The molecule has 1 saturated heterocycles. The Morgan fingerprint density at radius 3 is 2.92 bits per heavy atom. The Morgan fingerprint density at radius 2 is 2.25 bits per heavy atom. The van der Waals surface area contributed by atoms with Gasteiger partial charge in [0.2, 0.25) is 5.91 Å². The van der Waals surface area contributed by atoms with Crippen LogP contribution in [0.1, 0.15) is 33.0 Å². The largest absolute Gasteiger partial charge is 0.375 e. The van der Waals surface area contributed by atoms with E-state index in [4.69, 9.17) is 10.5 Å². The number of carbonyl (C=O) groups excluding carboxylic acids is 1. The van der Waals surface area contributed by atoms with Gasteiger partial charge in [0.15, 0.2) is 5.16 Å². The third-order valence-corrected chi connectivity index (χ3v) is 5.05. The quantitative estimate of drug-likeness (QED) is 0.669. The van der Waals surface area contributed by atoms with Crippen LogP contribution >= 0.6 is 11.8 Å². The van der Waals surface area contributed by atoms with Gasteiger partial charge in [-0.3, -0.25) is 9.69 Å². The van der Waals surface area contributed by atoms with Crippen molar-refractivity contribution in [3.8, 4) is 0 Å². The number of aryl methyl sites for hydroxylation is 1. The average Bonchev–Trinajstić information content (AvgIpc) is 2.92. The Bertz CT molecular complexity index is 535. The van der Waals surface area contributed by atoms with Gasteiger partial charge in [0, 0.05) is 44.8 Å². The molecule has 2 heterocycles. The van der Waals surface area contributed by atoms with Gasteiger partial charge in [-0.25, -0.2) is 0 Å². The summed E-state index contributed by atoms with van der Waals surface area (Å²) in [5.74, 6) is 2.05.